The molecule has 0 aliphatic rings. The quantitative estimate of drug-likeness (QED) is 0.572. The summed E-state index contributed by atoms with van der Waals surface area (Å²) in [6, 6.07) is 8.14. The average Bonchev–Trinajstić information content (AvgIpc) is 2.23. The van der Waals surface area contributed by atoms with Crippen molar-refractivity contribution in [1.29, 1.82) is 0 Å². The number of phenols is 1. The van der Waals surface area contributed by atoms with Crippen LogP contribution in [0.25, 0.3) is 10.8 Å². The number of nitro groups is 1. The van der Waals surface area contributed by atoms with Crippen molar-refractivity contribution in [3.05, 3.63) is 46.0 Å². The Morgan fingerprint density at radius 3 is 2.47 bits per heavy atom. The van der Waals surface area contributed by atoms with E-state index in [9.17, 15) is 15.2 Å². The highest BCUT2D eigenvalue weighted by Gasteiger charge is 2.15. The highest BCUT2D eigenvalue weighted by atomic mass is 16.6. The van der Waals surface area contributed by atoms with Crippen LogP contribution in [0.5, 0.6) is 5.75 Å². The van der Waals surface area contributed by atoms with E-state index in [0.29, 0.717) is 16.3 Å². The minimum absolute atomic E-state index is 0.0286. The van der Waals surface area contributed by atoms with E-state index in [0.717, 1.165) is 0 Å². The zero-order chi connectivity index (χ0) is 11.0. The van der Waals surface area contributed by atoms with Crippen LogP contribution in [0.2, 0.25) is 0 Å². The molecule has 0 radical (unpaired) electrons. The second-order valence-corrected chi connectivity index (χ2v) is 3.36. The van der Waals surface area contributed by atoms with Crippen LogP contribution in [0.3, 0.4) is 0 Å². The van der Waals surface area contributed by atoms with Gasteiger partial charge in [-0.05, 0) is 18.6 Å². The topological polar surface area (TPSA) is 63.4 Å². The van der Waals surface area contributed by atoms with Crippen LogP contribution in [0.4, 0.5) is 5.69 Å². The SMILES string of the molecule is Cc1cc([N+](=O)[O-])c2ccccc2c1O. The molecular weight excluding hydrogens is 194 g/mol. The number of nitrogens with zero attached hydrogens (tertiary/aromatic N) is 1. The molecule has 4 nitrogen and oxygen atoms in total. The fourth-order valence-electron chi connectivity index (χ4n) is 1.63. The number of rotatable bonds is 1. The molecule has 15 heavy (non-hydrogen) atoms. The Morgan fingerprint density at radius 1 is 1.27 bits per heavy atom. The van der Waals surface area contributed by atoms with E-state index in [1.54, 1.807) is 31.2 Å². The number of phenolic OH excluding ortho intramolecular Hbond substituents is 1. The first kappa shape index (κ1) is 9.45. The van der Waals surface area contributed by atoms with Crippen LogP contribution < -0.4 is 0 Å². The number of fused-ring (bicyclic) bond motifs is 1. The number of nitro benzene ring substituents is 1. The predicted molar refractivity (Wildman–Crippen MR) is 57.0 cm³/mol. The molecule has 0 spiro atoms. The Balaban J connectivity index is 2.94. The van der Waals surface area contributed by atoms with E-state index in [-0.39, 0.29) is 11.4 Å². The van der Waals surface area contributed by atoms with E-state index >= 15 is 0 Å². The fourth-order valence-corrected chi connectivity index (χ4v) is 1.63. The summed E-state index contributed by atoms with van der Waals surface area (Å²) in [5.74, 6) is 0.108. The van der Waals surface area contributed by atoms with Crippen LogP contribution >= 0.6 is 0 Å². The molecule has 0 fully saturated rings. The second kappa shape index (κ2) is 3.24. The van der Waals surface area contributed by atoms with Crippen LogP contribution in [0.1, 0.15) is 5.56 Å². The molecule has 0 unspecified atom stereocenters. The molecule has 0 aromatic heterocycles. The van der Waals surface area contributed by atoms with Crippen LogP contribution in [-0.4, -0.2) is 10.0 Å². The van der Waals surface area contributed by atoms with Gasteiger partial charge in [-0.1, -0.05) is 18.2 Å². The first-order valence-electron chi connectivity index (χ1n) is 4.47. The van der Waals surface area contributed by atoms with Crippen molar-refractivity contribution in [3.8, 4) is 5.75 Å². The first-order chi connectivity index (χ1) is 7.11. The Kier molecular flexibility index (Phi) is 2.04. The lowest BCUT2D eigenvalue weighted by molar-refractivity contribution is -0.383. The van der Waals surface area contributed by atoms with Gasteiger partial charge in [-0.25, -0.2) is 0 Å². The molecule has 4 heteroatoms. The van der Waals surface area contributed by atoms with E-state index in [1.165, 1.54) is 6.07 Å². The monoisotopic (exact) mass is 203 g/mol. The molecule has 0 saturated heterocycles. The summed E-state index contributed by atoms with van der Waals surface area (Å²) < 4.78 is 0. The van der Waals surface area contributed by atoms with E-state index < -0.39 is 4.92 Å². The molecule has 0 aliphatic carbocycles. The molecule has 76 valence electrons. The third-order valence-corrected chi connectivity index (χ3v) is 2.38. The predicted octanol–water partition coefficient (Wildman–Crippen LogP) is 2.76. The van der Waals surface area contributed by atoms with E-state index in [4.69, 9.17) is 0 Å². The summed E-state index contributed by atoms with van der Waals surface area (Å²) in [6.45, 7) is 1.65. The average molecular weight is 203 g/mol. The van der Waals surface area contributed by atoms with Crippen molar-refractivity contribution in [2.75, 3.05) is 0 Å². The van der Waals surface area contributed by atoms with Gasteiger partial charge in [-0.15, -0.1) is 0 Å². The highest BCUT2D eigenvalue weighted by molar-refractivity contribution is 5.96. The molecule has 0 bridgehead atoms. The standard InChI is InChI=1S/C11H9NO3/c1-7-6-10(12(14)15)8-4-2-3-5-9(8)11(7)13/h2-6,13H,1H3. The van der Waals surface area contributed by atoms with E-state index in [2.05, 4.69) is 0 Å². The van der Waals surface area contributed by atoms with Crippen molar-refractivity contribution in [2.45, 2.75) is 6.92 Å². The first-order valence-corrected chi connectivity index (χ1v) is 4.47. The van der Waals surface area contributed by atoms with Crippen LogP contribution in [0.15, 0.2) is 30.3 Å². The fraction of sp³-hybridized carbons (Fsp3) is 0.0909. The molecule has 0 amide bonds. The van der Waals surface area contributed by atoms with Gasteiger partial charge in [0.2, 0.25) is 0 Å². The molecule has 2 rings (SSSR count). The van der Waals surface area contributed by atoms with Gasteiger partial charge in [0, 0.05) is 11.5 Å². The normalized spacial score (nSPS) is 10.5. The Morgan fingerprint density at radius 2 is 1.87 bits per heavy atom. The largest absolute Gasteiger partial charge is 0.507 e. The van der Waals surface area contributed by atoms with Gasteiger partial charge in [-0.2, -0.15) is 0 Å². The third-order valence-electron chi connectivity index (χ3n) is 2.38. The minimum atomic E-state index is -0.436. The maximum atomic E-state index is 10.8. The van der Waals surface area contributed by atoms with Crippen LogP contribution in [-0.2, 0) is 0 Å². The molecule has 0 saturated carbocycles. The third kappa shape index (κ3) is 1.40. The zero-order valence-corrected chi connectivity index (χ0v) is 8.10. The Bertz CT molecular complexity index is 549. The highest BCUT2D eigenvalue weighted by Crippen LogP contribution is 2.34. The van der Waals surface area contributed by atoms with Crippen molar-refractivity contribution in [2.24, 2.45) is 0 Å². The summed E-state index contributed by atoms with van der Waals surface area (Å²) in [7, 11) is 0. The number of hydrogen-bond donors (Lipinski definition) is 1. The smallest absolute Gasteiger partial charge is 0.277 e. The Hall–Kier alpha value is -2.10. The molecule has 1 N–H and O–H groups in total. The number of hydrogen-bond acceptors (Lipinski definition) is 3. The van der Waals surface area contributed by atoms with Gasteiger partial charge in [0.1, 0.15) is 5.75 Å². The molecule has 0 heterocycles. The molecular formula is C11H9NO3. The number of non-ortho nitro benzene ring substituents is 1. The summed E-state index contributed by atoms with van der Waals surface area (Å²) in [4.78, 5) is 10.4. The molecule has 2 aromatic carbocycles. The maximum absolute atomic E-state index is 10.8. The summed E-state index contributed by atoms with van der Waals surface area (Å²) in [5, 5.41) is 21.5. The lowest BCUT2D eigenvalue weighted by atomic mass is 10.0. The molecule has 0 atom stereocenters. The van der Waals surface area contributed by atoms with Gasteiger partial charge in [-0.3, -0.25) is 10.1 Å². The summed E-state index contributed by atoms with van der Waals surface area (Å²) >= 11 is 0. The number of benzene rings is 2. The van der Waals surface area contributed by atoms with Gasteiger partial charge in [0.15, 0.2) is 0 Å². The minimum Gasteiger partial charge on any atom is -0.507 e. The number of aromatic hydroxyl groups is 1. The van der Waals surface area contributed by atoms with Crippen LogP contribution in [0, 0.1) is 17.0 Å². The van der Waals surface area contributed by atoms with Crippen molar-refractivity contribution in [1.82, 2.24) is 0 Å². The van der Waals surface area contributed by atoms with Gasteiger partial charge >= 0.3 is 0 Å². The lowest BCUT2D eigenvalue weighted by Gasteiger charge is -2.04. The maximum Gasteiger partial charge on any atom is 0.277 e. The number of aryl methyl sites for hydroxylation is 1. The summed E-state index contributed by atoms with van der Waals surface area (Å²) in [6.07, 6.45) is 0. The summed E-state index contributed by atoms with van der Waals surface area (Å²) in [5.41, 5.74) is 0.543. The second-order valence-electron chi connectivity index (χ2n) is 3.36. The Labute approximate surface area is 85.9 Å². The molecule has 0 aliphatic heterocycles. The van der Waals surface area contributed by atoms with Crippen molar-refractivity contribution < 1.29 is 10.0 Å². The molecule has 2 aromatic rings. The van der Waals surface area contributed by atoms with Gasteiger partial charge in [0.05, 0.1) is 10.3 Å². The van der Waals surface area contributed by atoms with Gasteiger partial charge < -0.3 is 5.11 Å². The van der Waals surface area contributed by atoms with Crippen molar-refractivity contribution >= 4 is 16.5 Å². The van der Waals surface area contributed by atoms with E-state index in [1.807, 2.05) is 0 Å². The van der Waals surface area contributed by atoms with Gasteiger partial charge in [0.25, 0.3) is 5.69 Å². The van der Waals surface area contributed by atoms with Crippen molar-refractivity contribution in [3.63, 3.8) is 0 Å². The zero-order valence-electron chi connectivity index (χ0n) is 8.10. The lowest BCUT2D eigenvalue weighted by Crippen LogP contribution is -1.91.